The van der Waals surface area contributed by atoms with E-state index >= 15 is 0 Å². The molecule has 84 valence electrons. The number of hydrogen-bond donors (Lipinski definition) is 0. The van der Waals surface area contributed by atoms with Gasteiger partial charge in [-0.15, -0.1) is 23.1 Å². The lowest BCUT2D eigenvalue weighted by Gasteiger charge is -2.01. The number of rotatable bonds is 7. The molecule has 0 amide bonds. The second-order valence-corrected chi connectivity index (χ2v) is 5.39. The van der Waals surface area contributed by atoms with Crippen LogP contribution in [0.4, 0.5) is 0 Å². The van der Waals surface area contributed by atoms with E-state index < -0.39 is 0 Å². The Balaban J connectivity index is 1.95. The highest BCUT2D eigenvalue weighted by atomic mass is 32.2. The summed E-state index contributed by atoms with van der Waals surface area (Å²) in [6.45, 7) is 2.33. The summed E-state index contributed by atoms with van der Waals surface area (Å²) >= 11 is 3.63. The second-order valence-electron chi connectivity index (χ2n) is 3.04. The molecule has 4 heteroatoms. The summed E-state index contributed by atoms with van der Waals surface area (Å²) in [6, 6.07) is 4.19. The molecule has 1 rings (SSSR count). The summed E-state index contributed by atoms with van der Waals surface area (Å²) in [4.78, 5) is 11.0. The summed E-state index contributed by atoms with van der Waals surface area (Å²) in [6.07, 6.45) is 2.55. The Morgan fingerprint density at radius 1 is 1.53 bits per heavy atom. The van der Waals surface area contributed by atoms with Crippen LogP contribution in [0.1, 0.15) is 26.2 Å². The lowest BCUT2D eigenvalue weighted by Crippen LogP contribution is -2.03. The van der Waals surface area contributed by atoms with Crippen molar-refractivity contribution in [1.82, 2.24) is 0 Å². The first kappa shape index (κ1) is 12.6. The number of esters is 1. The number of unbranched alkanes of at least 4 members (excludes halogenated alkanes) is 1. The molecule has 0 N–H and O–H groups in total. The highest BCUT2D eigenvalue weighted by Gasteiger charge is 2.01. The molecule has 0 bridgehead atoms. The lowest BCUT2D eigenvalue weighted by molar-refractivity contribution is -0.143. The molecule has 0 aliphatic carbocycles. The molecule has 15 heavy (non-hydrogen) atoms. The average molecular weight is 244 g/mol. The highest BCUT2D eigenvalue weighted by Crippen LogP contribution is 2.24. The van der Waals surface area contributed by atoms with E-state index in [0.717, 1.165) is 18.6 Å². The summed E-state index contributed by atoms with van der Waals surface area (Å²) < 4.78 is 6.20. The smallest absolute Gasteiger partial charge is 0.305 e. The van der Waals surface area contributed by atoms with Crippen molar-refractivity contribution in [2.75, 3.05) is 12.4 Å². The molecular formula is C11H16O2S2. The molecule has 0 aromatic carbocycles. The zero-order valence-corrected chi connectivity index (χ0v) is 10.5. The molecule has 0 fully saturated rings. The molecule has 0 spiro atoms. The minimum atomic E-state index is -0.0707. The molecule has 2 nitrogen and oxygen atoms in total. The number of ether oxygens (including phenoxy) is 1. The fraction of sp³-hybridized carbons (Fsp3) is 0.545. The van der Waals surface area contributed by atoms with E-state index in [2.05, 4.69) is 17.5 Å². The molecule has 0 radical (unpaired) electrons. The van der Waals surface area contributed by atoms with Crippen LogP contribution in [0.15, 0.2) is 21.7 Å². The van der Waals surface area contributed by atoms with E-state index in [9.17, 15) is 4.79 Å². The van der Waals surface area contributed by atoms with E-state index in [1.165, 1.54) is 4.21 Å². The zero-order valence-electron chi connectivity index (χ0n) is 8.90. The van der Waals surface area contributed by atoms with Crippen molar-refractivity contribution < 1.29 is 9.53 Å². The third kappa shape index (κ3) is 5.85. The van der Waals surface area contributed by atoms with Gasteiger partial charge in [0.05, 0.1) is 10.8 Å². The number of thioether (sulfide) groups is 1. The Bertz CT molecular complexity index is 270. The Hall–Kier alpha value is -0.480. The summed E-state index contributed by atoms with van der Waals surface area (Å²) in [5, 5.41) is 2.08. The maximum Gasteiger partial charge on any atom is 0.305 e. The van der Waals surface area contributed by atoms with Gasteiger partial charge in [-0.05, 0) is 37.0 Å². The Morgan fingerprint density at radius 2 is 2.40 bits per heavy atom. The van der Waals surface area contributed by atoms with Gasteiger partial charge in [0, 0.05) is 6.42 Å². The molecule has 0 aliphatic heterocycles. The van der Waals surface area contributed by atoms with Crippen molar-refractivity contribution in [3.63, 3.8) is 0 Å². The van der Waals surface area contributed by atoms with Gasteiger partial charge in [-0.1, -0.05) is 6.07 Å². The normalized spacial score (nSPS) is 10.2. The van der Waals surface area contributed by atoms with E-state index in [-0.39, 0.29) is 5.97 Å². The Kier molecular flexibility index (Phi) is 6.52. The SMILES string of the molecule is CCOC(=O)CCCCSc1cccs1. The minimum absolute atomic E-state index is 0.0707. The predicted molar refractivity (Wildman–Crippen MR) is 65.5 cm³/mol. The van der Waals surface area contributed by atoms with Gasteiger partial charge in [-0.25, -0.2) is 0 Å². The van der Waals surface area contributed by atoms with E-state index in [1.54, 1.807) is 11.3 Å². The van der Waals surface area contributed by atoms with Crippen molar-refractivity contribution in [2.24, 2.45) is 0 Å². The zero-order chi connectivity index (χ0) is 10.9. The Labute approximate surface area is 99.0 Å². The molecule has 0 saturated heterocycles. The predicted octanol–water partition coefficient (Wildman–Crippen LogP) is 3.57. The maximum atomic E-state index is 11.0. The van der Waals surface area contributed by atoms with Gasteiger partial charge in [0.15, 0.2) is 0 Å². The fourth-order valence-electron chi connectivity index (χ4n) is 1.12. The first-order valence-corrected chi connectivity index (χ1v) is 7.01. The van der Waals surface area contributed by atoms with Crippen molar-refractivity contribution in [1.29, 1.82) is 0 Å². The quantitative estimate of drug-likeness (QED) is 0.416. The number of thiophene rings is 1. The van der Waals surface area contributed by atoms with Crippen LogP contribution in [0.25, 0.3) is 0 Å². The van der Waals surface area contributed by atoms with Crippen molar-refractivity contribution in [2.45, 2.75) is 30.4 Å². The summed E-state index contributed by atoms with van der Waals surface area (Å²) in [5.74, 6) is 1.01. The number of hydrogen-bond acceptors (Lipinski definition) is 4. The van der Waals surface area contributed by atoms with Gasteiger partial charge in [0.2, 0.25) is 0 Å². The lowest BCUT2D eigenvalue weighted by atomic mass is 10.2. The van der Waals surface area contributed by atoms with Gasteiger partial charge in [-0.2, -0.15) is 0 Å². The van der Waals surface area contributed by atoms with Crippen LogP contribution in [0, 0.1) is 0 Å². The largest absolute Gasteiger partial charge is 0.466 e. The van der Waals surface area contributed by atoms with Gasteiger partial charge in [0.1, 0.15) is 0 Å². The molecule has 0 aliphatic rings. The third-order valence-electron chi connectivity index (χ3n) is 1.82. The maximum absolute atomic E-state index is 11.0. The van der Waals surface area contributed by atoms with Crippen LogP contribution in [0.3, 0.4) is 0 Å². The minimum Gasteiger partial charge on any atom is -0.466 e. The van der Waals surface area contributed by atoms with E-state index in [1.807, 2.05) is 18.7 Å². The summed E-state index contributed by atoms with van der Waals surface area (Å²) in [5.41, 5.74) is 0. The number of carbonyl (C=O) groups is 1. The van der Waals surface area contributed by atoms with Gasteiger partial charge in [0.25, 0.3) is 0 Å². The van der Waals surface area contributed by atoms with E-state index in [0.29, 0.717) is 13.0 Å². The molecule has 1 aromatic heterocycles. The topological polar surface area (TPSA) is 26.3 Å². The van der Waals surface area contributed by atoms with Crippen LogP contribution < -0.4 is 0 Å². The fourth-order valence-corrected chi connectivity index (χ4v) is 2.98. The van der Waals surface area contributed by atoms with Crippen LogP contribution >= 0.6 is 23.1 Å². The van der Waals surface area contributed by atoms with E-state index in [4.69, 9.17) is 4.74 Å². The van der Waals surface area contributed by atoms with Crippen LogP contribution in [-0.4, -0.2) is 18.3 Å². The molecular weight excluding hydrogens is 228 g/mol. The van der Waals surface area contributed by atoms with Crippen LogP contribution in [0.5, 0.6) is 0 Å². The van der Waals surface area contributed by atoms with Crippen molar-refractivity contribution >= 4 is 29.1 Å². The van der Waals surface area contributed by atoms with Gasteiger partial charge >= 0.3 is 5.97 Å². The van der Waals surface area contributed by atoms with Crippen LogP contribution in [-0.2, 0) is 9.53 Å². The van der Waals surface area contributed by atoms with Crippen molar-refractivity contribution in [3.8, 4) is 0 Å². The highest BCUT2D eigenvalue weighted by molar-refractivity contribution is 8.01. The molecule has 0 saturated carbocycles. The second kappa shape index (κ2) is 7.77. The standard InChI is InChI=1S/C11H16O2S2/c1-2-13-10(12)6-3-4-8-14-11-7-5-9-15-11/h5,7,9H,2-4,6,8H2,1H3. The molecule has 0 unspecified atom stereocenters. The molecule has 1 aromatic rings. The van der Waals surface area contributed by atoms with Crippen molar-refractivity contribution in [3.05, 3.63) is 17.5 Å². The monoisotopic (exact) mass is 244 g/mol. The molecule has 0 atom stereocenters. The first-order valence-electron chi connectivity index (χ1n) is 5.15. The summed E-state index contributed by atoms with van der Waals surface area (Å²) in [7, 11) is 0. The molecule has 1 heterocycles. The third-order valence-corrected chi connectivity index (χ3v) is 4.04. The van der Waals surface area contributed by atoms with Gasteiger partial charge < -0.3 is 4.74 Å². The van der Waals surface area contributed by atoms with Gasteiger partial charge in [-0.3, -0.25) is 4.79 Å². The Morgan fingerprint density at radius 3 is 3.07 bits per heavy atom. The first-order chi connectivity index (χ1) is 7.33. The average Bonchev–Trinajstić information content (AvgIpc) is 2.70. The number of carbonyl (C=O) groups excluding carboxylic acids is 1. The van der Waals surface area contributed by atoms with Crippen LogP contribution in [0.2, 0.25) is 0 Å².